The number of likely N-dealkylation sites (tertiary alicyclic amines) is 1. The van der Waals surface area contributed by atoms with E-state index < -0.39 is 0 Å². The SMILES string of the molecule is COc1ncccc1C(=O)N1CCC(C)C(Cl)C1. The van der Waals surface area contributed by atoms with E-state index in [0.29, 0.717) is 23.9 Å². The van der Waals surface area contributed by atoms with E-state index in [1.807, 2.05) is 0 Å². The molecule has 1 aromatic rings. The molecule has 2 heterocycles. The molecular weight excluding hydrogens is 252 g/mol. The van der Waals surface area contributed by atoms with Crippen molar-refractivity contribution in [1.82, 2.24) is 9.88 Å². The summed E-state index contributed by atoms with van der Waals surface area (Å²) >= 11 is 6.23. The number of rotatable bonds is 2. The maximum Gasteiger partial charge on any atom is 0.259 e. The lowest BCUT2D eigenvalue weighted by Crippen LogP contribution is -2.43. The van der Waals surface area contributed by atoms with Gasteiger partial charge in [-0.3, -0.25) is 4.79 Å². The standard InChI is InChI=1S/C13H17ClN2O2/c1-9-5-7-16(8-11(9)14)13(17)10-4-3-6-15-12(10)18-2/h3-4,6,9,11H,5,7-8H2,1-2H3. The largest absolute Gasteiger partial charge is 0.480 e. The molecule has 0 radical (unpaired) electrons. The molecule has 18 heavy (non-hydrogen) atoms. The van der Waals surface area contributed by atoms with Crippen LogP contribution in [0.15, 0.2) is 18.3 Å². The molecule has 1 saturated heterocycles. The third kappa shape index (κ3) is 2.58. The quantitative estimate of drug-likeness (QED) is 0.772. The molecular formula is C13H17ClN2O2. The van der Waals surface area contributed by atoms with Crippen LogP contribution in [0.2, 0.25) is 0 Å². The van der Waals surface area contributed by atoms with Gasteiger partial charge in [-0.05, 0) is 24.5 Å². The Morgan fingerprint density at radius 3 is 3.06 bits per heavy atom. The molecule has 0 saturated carbocycles. The minimum atomic E-state index is -0.0579. The summed E-state index contributed by atoms with van der Waals surface area (Å²) in [6.07, 6.45) is 2.54. The highest BCUT2D eigenvalue weighted by atomic mass is 35.5. The van der Waals surface area contributed by atoms with Gasteiger partial charge in [-0.25, -0.2) is 4.98 Å². The number of hydrogen-bond donors (Lipinski definition) is 0. The number of ether oxygens (including phenoxy) is 1. The smallest absolute Gasteiger partial charge is 0.259 e. The average Bonchev–Trinajstić information content (AvgIpc) is 2.41. The molecule has 1 aliphatic rings. The summed E-state index contributed by atoms with van der Waals surface area (Å²) in [5.74, 6) is 0.760. The zero-order chi connectivity index (χ0) is 13.1. The van der Waals surface area contributed by atoms with Crippen molar-refractivity contribution in [3.63, 3.8) is 0 Å². The summed E-state index contributed by atoms with van der Waals surface area (Å²) in [6.45, 7) is 3.44. The number of amides is 1. The van der Waals surface area contributed by atoms with Gasteiger partial charge < -0.3 is 9.64 Å². The Labute approximate surface area is 112 Å². The molecule has 1 aromatic heterocycles. The molecule has 0 aliphatic carbocycles. The van der Waals surface area contributed by atoms with E-state index >= 15 is 0 Å². The lowest BCUT2D eigenvalue weighted by molar-refractivity contribution is 0.0697. The van der Waals surface area contributed by atoms with Crippen LogP contribution in [-0.2, 0) is 0 Å². The van der Waals surface area contributed by atoms with E-state index in [4.69, 9.17) is 16.3 Å². The van der Waals surface area contributed by atoms with Crippen molar-refractivity contribution >= 4 is 17.5 Å². The Hall–Kier alpha value is -1.29. The van der Waals surface area contributed by atoms with E-state index in [1.165, 1.54) is 7.11 Å². The van der Waals surface area contributed by atoms with Crippen molar-refractivity contribution in [1.29, 1.82) is 0 Å². The van der Waals surface area contributed by atoms with Crippen LogP contribution in [0.4, 0.5) is 0 Å². The van der Waals surface area contributed by atoms with Gasteiger partial charge in [0.15, 0.2) is 0 Å². The monoisotopic (exact) mass is 268 g/mol. The van der Waals surface area contributed by atoms with Crippen LogP contribution in [0, 0.1) is 5.92 Å². The first-order chi connectivity index (χ1) is 8.63. The van der Waals surface area contributed by atoms with Gasteiger partial charge in [0.2, 0.25) is 5.88 Å². The van der Waals surface area contributed by atoms with Crippen LogP contribution < -0.4 is 4.74 Å². The molecule has 0 N–H and O–H groups in total. The zero-order valence-electron chi connectivity index (χ0n) is 10.6. The van der Waals surface area contributed by atoms with Crippen molar-refractivity contribution in [2.24, 2.45) is 5.92 Å². The van der Waals surface area contributed by atoms with Crippen molar-refractivity contribution in [2.75, 3.05) is 20.2 Å². The summed E-state index contributed by atoms with van der Waals surface area (Å²) in [5, 5.41) is 0.0189. The highest BCUT2D eigenvalue weighted by Crippen LogP contribution is 2.24. The molecule has 1 aliphatic heterocycles. The second-order valence-corrected chi connectivity index (χ2v) is 5.15. The number of piperidine rings is 1. The topological polar surface area (TPSA) is 42.4 Å². The molecule has 5 heteroatoms. The van der Waals surface area contributed by atoms with Crippen molar-refractivity contribution < 1.29 is 9.53 Å². The van der Waals surface area contributed by atoms with Crippen molar-refractivity contribution in [3.05, 3.63) is 23.9 Å². The highest BCUT2D eigenvalue weighted by Gasteiger charge is 2.29. The van der Waals surface area contributed by atoms with Gasteiger partial charge in [-0.2, -0.15) is 0 Å². The number of aromatic nitrogens is 1. The average molecular weight is 269 g/mol. The molecule has 0 spiro atoms. The second-order valence-electron chi connectivity index (χ2n) is 4.59. The molecule has 2 atom stereocenters. The molecule has 0 bridgehead atoms. The number of nitrogens with zero attached hydrogens (tertiary/aromatic N) is 2. The summed E-state index contributed by atoms with van der Waals surface area (Å²) in [5.41, 5.74) is 0.499. The Morgan fingerprint density at radius 1 is 1.61 bits per heavy atom. The van der Waals surface area contributed by atoms with Gasteiger partial charge >= 0.3 is 0 Å². The lowest BCUT2D eigenvalue weighted by Gasteiger charge is -2.34. The summed E-state index contributed by atoms with van der Waals surface area (Å²) < 4.78 is 5.11. The van der Waals surface area contributed by atoms with Gasteiger partial charge in [0.1, 0.15) is 5.56 Å². The van der Waals surface area contributed by atoms with E-state index in [-0.39, 0.29) is 11.3 Å². The van der Waals surface area contributed by atoms with Crippen LogP contribution in [0.1, 0.15) is 23.7 Å². The zero-order valence-corrected chi connectivity index (χ0v) is 11.4. The summed E-state index contributed by atoms with van der Waals surface area (Å²) in [4.78, 5) is 18.2. The minimum Gasteiger partial charge on any atom is -0.480 e. The molecule has 2 unspecified atom stereocenters. The minimum absolute atomic E-state index is 0.0189. The molecule has 0 aromatic carbocycles. The van der Waals surface area contributed by atoms with Gasteiger partial charge in [-0.15, -0.1) is 11.6 Å². The van der Waals surface area contributed by atoms with Gasteiger partial charge in [0, 0.05) is 19.3 Å². The number of alkyl halides is 1. The van der Waals surface area contributed by atoms with Crippen LogP contribution in [0.25, 0.3) is 0 Å². The van der Waals surface area contributed by atoms with Crippen LogP contribution >= 0.6 is 11.6 Å². The number of methoxy groups -OCH3 is 1. The normalized spacial score (nSPS) is 23.8. The molecule has 4 nitrogen and oxygen atoms in total. The highest BCUT2D eigenvalue weighted by molar-refractivity contribution is 6.21. The fourth-order valence-corrected chi connectivity index (χ4v) is 2.39. The van der Waals surface area contributed by atoms with E-state index in [2.05, 4.69) is 11.9 Å². The lowest BCUT2D eigenvalue weighted by atomic mass is 9.98. The third-order valence-electron chi connectivity index (χ3n) is 3.35. The van der Waals surface area contributed by atoms with Crippen LogP contribution in [0.5, 0.6) is 5.88 Å². The van der Waals surface area contributed by atoms with Gasteiger partial charge in [0.25, 0.3) is 5.91 Å². The van der Waals surface area contributed by atoms with Gasteiger partial charge in [0.05, 0.1) is 12.5 Å². The van der Waals surface area contributed by atoms with Gasteiger partial charge in [-0.1, -0.05) is 6.92 Å². The predicted molar refractivity (Wildman–Crippen MR) is 70.1 cm³/mol. The number of carbonyl (C=O) groups is 1. The second kappa shape index (κ2) is 5.57. The summed E-state index contributed by atoms with van der Waals surface area (Å²) in [6, 6.07) is 3.47. The Morgan fingerprint density at radius 2 is 2.39 bits per heavy atom. The number of halogens is 1. The maximum atomic E-state index is 12.4. The Kier molecular flexibility index (Phi) is 4.07. The van der Waals surface area contributed by atoms with Crippen LogP contribution in [-0.4, -0.2) is 41.4 Å². The number of pyridine rings is 1. The fourth-order valence-electron chi connectivity index (χ4n) is 2.09. The van der Waals surface area contributed by atoms with E-state index in [1.54, 1.807) is 23.2 Å². The molecule has 2 rings (SSSR count). The predicted octanol–water partition coefficient (Wildman–Crippen LogP) is 2.18. The molecule has 1 amide bonds. The third-order valence-corrected chi connectivity index (χ3v) is 3.92. The number of hydrogen-bond acceptors (Lipinski definition) is 3. The first-order valence-electron chi connectivity index (χ1n) is 6.06. The number of carbonyl (C=O) groups excluding carboxylic acids is 1. The fraction of sp³-hybridized carbons (Fsp3) is 0.538. The van der Waals surface area contributed by atoms with Crippen molar-refractivity contribution in [3.8, 4) is 5.88 Å². The Balaban J connectivity index is 2.16. The first kappa shape index (κ1) is 13.1. The molecule has 98 valence electrons. The first-order valence-corrected chi connectivity index (χ1v) is 6.49. The van der Waals surface area contributed by atoms with E-state index in [9.17, 15) is 4.79 Å². The summed E-state index contributed by atoms with van der Waals surface area (Å²) in [7, 11) is 1.52. The maximum absolute atomic E-state index is 12.4. The Bertz CT molecular complexity index is 439. The van der Waals surface area contributed by atoms with E-state index in [0.717, 1.165) is 13.0 Å². The van der Waals surface area contributed by atoms with Crippen molar-refractivity contribution in [2.45, 2.75) is 18.7 Å². The van der Waals surface area contributed by atoms with Crippen LogP contribution in [0.3, 0.4) is 0 Å². The molecule has 1 fully saturated rings.